The summed E-state index contributed by atoms with van der Waals surface area (Å²) in [7, 11) is 2.17. The lowest BCUT2D eigenvalue weighted by Crippen LogP contribution is -2.35. The first kappa shape index (κ1) is 16.3. The zero-order valence-corrected chi connectivity index (χ0v) is 13.3. The van der Waals surface area contributed by atoms with Gasteiger partial charge in [0.1, 0.15) is 5.76 Å². The van der Waals surface area contributed by atoms with Gasteiger partial charge in [-0.05, 0) is 46.9 Å². The van der Waals surface area contributed by atoms with E-state index in [0.29, 0.717) is 0 Å². The summed E-state index contributed by atoms with van der Waals surface area (Å²) in [4.78, 5) is 2.34. The normalized spacial score (nSPS) is 12.3. The van der Waals surface area contributed by atoms with Crippen molar-refractivity contribution in [2.45, 2.75) is 65.6 Å². The van der Waals surface area contributed by atoms with Gasteiger partial charge in [0.15, 0.2) is 0 Å². The number of nitrogens with one attached hydrogen (secondary N) is 1. The molecule has 3 nitrogen and oxygen atoms in total. The van der Waals surface area contributed by atoms with Crippen LogP contribution in [0, 0.1) is 0 Å². The molecular weight excluding hydrogens is 236 g/mol. The first-order valence-electron chi connectivity index (χ1n) is 7.41. The summed E-state index contributed by atoms with van der Waals surface area (Å²) in [6, 6.07) is 2.08. The molecule has 1 aromatic heterocycles. The molecule has 0 saturated heterocycles. The Morgan fingerprint density at radius 2 is 2.00 bits per heavy atom. The first-order chi connectivity index (χ1) is 8.92. The van der Waals surface area contributed by atoms with Crippen LogP contribution < -0.4 is 5.32 Å². The van der Waals surface area contributed by atoms with Crippen LogP contribution >= 0.6 is 0 Å². The quantitative estimate of drug-likeness (QED) is 0.726. The Labute approximate surface area is 118 Å². The fraction of sp³-hybridized carbons (Fsp3) is 0.750. The van der Waals surface area contributed by atoms with Crippen LogP contribution in [0.25, 0.3) is 0 Å². The highest BCUT2D eigenvalue weighted by Gasteiger charge is 2.13. The van der Waals surface area contributed by atoms with Crippen LogP contribution in [0.15, 0.2) is 16.7 Å². The minimum atomic E-state index is 0.140. The van der Waals surface area contributed by atoms with Crippen LogP contribution in [-0.2, 0) is 13.1 Å². The summed E-state index contributed by atoms with van der Waals surface area (Å²) in [6.45, 7) is 11.7. The second-order valence-electron chi connectivity index (χ2n) is 6.42. The summed E-state index contributed by atoms with van der Waals surface area (Å²) in [5.74, 6) is 1.09. The lowest BCUT2D eigenvalue weighted by atomic mass is 10.1. The van der Waals surface area contributed by atoms with E-state index in [-0.39, 0.29) is 5.54 Å². The van der Waals surface area contributed by atoms with Crippen molar-refractivity contribution in [1.29, 1.82) is 0 Å². The van der Waals surface area contributed by atoms with Crippen molar-refractivity contribution in [3.8, 4) is 0 Å². The van der Waals surface area contributed by atoms with E-state index in [0.717, 1.165) is 25.4 Å². The molecule has 110 valence electrons. The average molecular weight is 266 g/mol. The van der Waals surface area contributed by atoms with E-state index in [9.17, 15) is 0 Å². The number of rotatable bonds is 8. The van der Waals surface area contributed by atoms with Gasteiger partial charge in [-0.3, -0.25) is 4.90 Å². The van der Waals surface area contributed by atoms with Crippen LogP contribution in [-0.4, -0.2) is 24.0 Å². The Kier molecular flexibility index (Phi) is 6.59. The molecule has 0 amide bonds. The molecule has 0 fully saturated rings. The smallest absolute Gasteiger partial charge is 0.122 e. The Morgan fingerprint density at radius 3 is 2.63 bits per heavy atom. The molecule has 3 heteroatoms. The third-order valence-electron chi connectivity index (χ3n) is 3.20. The Morgan fingerprint density at radius 1 is 1.26 bits per heavy atom. The highest BCUT2D eigenvalue weighted by molar-refractivity contribution is 5.17. The van der Waals surface area contributed by atoms with Gasteiger partial charge >= 0.3 is 0 Å². The van der Waals surface area contributed by atoms with E-state index in [2.05, 4.69) is 51.0 Å². The number of nitrogens with zero attached hydrogens (tertiary/aromatic N) is 1. The maximum atomic E-state index is 5.63. The summed E-state index contributed by atoms with van der Waals surface area (Å²) in [6.07, 6.45) is 5.65. The maximum Gasteiger partial charge on any atom is 0.122 e. The molecule has 0 saturated carbocycles. The lowest BCUT2D eigenvalue weighted by Gasteiger charge is -2.21. The van der Waals surface area contributed by atoms with Crippen LogP contribution in [0.2, 0.25) is 0 Å². The van der Waals surface area contributed by atoms with Gasteiger partial charge in [0.2, 0.25) is 0 Å². The van der Waals surface area contributed by atoms with Gasteiger partial charge in [0.05, 0.1) is 12.8 Å². The van der Waals surface area contributed by atoms with Crippen LogP contribution in [0.4, 0.5) is 0 Å². The fourth-order valence-electron chi connectivity index (χ4n) is 1.98. The molecular formula is C16H30N2O. The van der Waals surface area contributed by atoms with E-state index in [1.54, 1.807) is 6.26 Å². The minimum absolute atomic E-state index is 0.140. The van der Waals surface area contributed by atoms with Crippen molar-refractivity contribution in [3.63, 3.8) is 0 Å². The van der Waals surface area contributed by atoms with Crippen LogP contribution in [0.1, 0.15) is 58.3 Å². The fourth-order valence-corrected chi connectivity index (χ4v) is 1.98. The highest BCUT2D eigenvalue weighted by Crippen LogP contribution is 2.14. The minimum Gasteiger partial charge on any atom is -0.468 e. The molecule has 19 heavy (non-hydrogen) atoms. The molecule has 0 aromatic carbocycles. The average Bonchev–Trinajstić information content (AvgIpc) is 2.73. The topological polar surface area (TPSA) is 28.4 Å². The van der Waals surface area contributed by atoms with E-state index in [1.807, 2.05) is 0 Å². The van der Waals surface area contributed by atoms with Gasteiger partial charge in [-0.2, -0.15) is 0 Å². The number of unbranched alkanes of at least 4 members (excludes halogenated alkanes) is 2. The molecule has 0 aliphatic rings. The second-order valence-corrected chi connectivity index (χ2v) is 6.42. The molecule has 0 radical (unpaired) electrons. The molecule has 1 rings (SSSR count). The summed E-state index contributed by atoms with van der Waals surface area (Å²) < 4.78 is 5.63. The van der Waals surface area contributed by atoms with Crippen molar-refractivity contribution >= 4 is 0 Å². The molecule has 0 aliphatic carbocycles. The molecule has 1 N–H and O–H groups in total. The predicted molar refractivity (Wildman–Crippen MR) is 81.2 cm³/mol. The Hall–Kier alpha value is -0.800. The Balaban J connectivity index is 2.43. The van der Waals surface area contributed by atoms with E-state index in [4.69, 9.17) is 4.42 Å². The summed E-state index contributed by atoms with van der Waals surface area (Å²) in [5.41, 5.74) is 1.42. The molecule has 0 bridgehead atoms. The second kappa shape index (κ2) is 7.71. The molecule has 1 heterocycles. The van der Waals surface area contributed by atoms with Crippen molar-refractivity contribution < 1.29 is 4.42 Å². The summed E-state index contributed by atoms with van der Waals surface area (Å²) in [5, 5.41) is 3.51. The zero-order chi connectivity index (χ0) is 14.3. The SMILES string of the molecule is CCCCCN(C)Cc1occc1CNC(C)(C)C. The maximum absolute atomic E-state index is 5.63. The molecule has 0 spiro atoms. The Bertz CT molecular complexity index is 352. The molecule has 0 atom stereocenters. The number of furan rings is 1. The van der Waals surface area contributed by atoms with Gasteiger partial charge in [-0.15, -0.1) is 0 Å². The zero-order valence-electron chi connectivity index (χ0n) is 13.3. The van der Waals surface area contributed by atoms with Gasteiger partial charge in [-0.1, -0.05) is 19.8 Å². The molecule has 0 aliphatic heterocycles. The third-order valence-corrected chi connectivity index (χ3v) is 3.20. The van der Waals surface area contributed by atoms with Crippen LogP contribution in [0.3, 0.4) is 0 Å². The van der Waals surface area contributed by atoms with Crippen molar-refractivity contribution in [3.05, 3.63) is 23.7 Å². The summed E-state index contributed by atoms with van der Waals surface area (Å²) >= 11 is 0. The van der Waals surface area contributed by atoms with E-state index >= 15 is 0 Å². The van der Waals surface area contributed by atoms with Crippen molar-refractivity contribution in [2.75, 3.05) is 13.6 Å². The third kappa shape index (κ3) is 6.79. The van der Waals surface area contributed by atoms with Gasteiger partial charge in [0.25, 0.3) is 0 Å². The predicted octanol–water partition coefficient (Wildman–Crippen LogP) is 3.79. The van der Waals surface area contributed by atoms with Crippen LogP contribution in [0.5, 0.6) is 0 Å². The van der Waals surface area contributed by atoms with Gasteiger partial charge in [0, 0.05) is 17.6 Å². The molecule has 0 unspecified atom stereocenters. The van der Waals surface area contributed by atoms with E-state index in [1.165, 1.54) is 24.8 Å². The lowest BCUT2D eigenvalue weighted by molar-refractivity contribution is 0.286. The number of hydrogen-bond acceptors (Lipinski definition) is 3. The molecule has 1 aromatic rings. The van der Waals surface area contributed by atoms with Crippen molar-refractivity contribution in [2.24, 2.45) is 0 Å². The number of hydrogen-bond donors (Lipinski definition) is 1. The van der Waals surface area contributed by atoms with Gasteiger partial charge in [-0.25, -0.2) is 0 Å². The van der Waals surface area contributed by atoms with Gasteiger partial charge < -0.3 is 9.73 Å². The standard InChI is InChI=1S/C16H30N2O/c1-6-7-8-10-18(5)13-15-14(9-11-19-15)12-17-16(2,3)4/h9,11,17H,6-8,10,12-13H2,1-5H3. The monoisotopic (exact) mass is 266 g/mol. The van der Waals surface area contributed by atoms with Crippen molar-refractivity contribution in [1.82, 2.24) is 10.2 Å². The van der Waals surface area contributed by atoms with E-state index < -0.39 is 0 Å². The highest BCUT2D eigenvalue weighted by atomic mass is 16.3. The largest absolute Gasteiger partial charge is 0.468 e. The first-order valence-corrected chi connectivity index (χ1v) is 7.41.